The van der Waals surface area contributed by atoms with Gasteiger partial charge in [-0.2, -0.15) is 11.8 Å². The zero-order chi connectivity index (χ0) is 14.4. The molecule has 0 aromatic heterocycles. The van der Waals surface area contributed by atoms with Crippen LogP contribution in [0.2, 0.25) is 0 Å². The molecule has 2 rings (SSSR count). The van der Waals surface area contributed by atoms with E-state index in [9.17, 15) is 8.78 Å². The second kappa shape index (κ2) is 7.47. The fourth-order valence-electron chi connectivity index (χ4n) is 2.12. The minimum absolute atomic E-state index is 0.533. The monoisotopic (exact) mass is 299 g/mol. The van der Waals surface area contributed by atoms with Gasteiger partial charge in [-0.05, 0) is 30.5 Å². The third-order valence-electron chi connectivity index (χ3n) is 3.15. The molecule has 20 heavy (non-hydrogen) atoms. The number of aliphatic imine (C=N–C) groups is 1. The van der Waals surface area contributed by atoms with Gasteiger partial charge in [-0.1, -0.05) is 0 Å². The highest BCUT2D eigenvalue weighted by Crippen LogP contribution is 2.11. The van der Waals surface area contributed by atoms with Gasteiger partial charge in [0.15, 0.2) is 5.96 Å². The van der Waals surface area contributed by atoms with Gasteiger partial charge < -0.3 is 10.6 Å². The summed E-state index contributed by atoms with van der Waals surface area (Å²) < 4.78 is 26.0. The first-order valence-corrected chi connectivity index (χ1v) is 7.88. The Morgan fingerprint density at radius 1 is 1.20 bits per heavy atom. The van der Waals surface area contributed by atoms with E-state index in [0.29, 0.717) is 24.5 Å². The van der Waals surface area contributed by atoms with Crippen LogP contribution in [0.3, 0.4) is 0 Å². The first-order chi connectivity index (χ1) is 9.65. The average Bonchev–Trinajstić information content (AvgIpc) is 2.43. The summed E-state index contributed by atoms with van der Waals surface area (Å²) in [6, 6.07) is 3.60. The molecule has 6 heteroatoms. The minimum Gasteiger partial charge on any atom is -0.370 e. The molecule has 0 atom stereocenters. The van der Waals surface area contributed by atoms with Crippen molar-refractivity contribution in [3.63, 3.8) is 0 Å². The number of guanidine groups is 1. The molecule has 0 saturated carbocycles. The average molecular weight is 299 g/mol. The lowest BCUT2D eigenvalue weighted by Crippen LogP contribution is -2.42. The third kappa shape index (κ3) is 4.67. The lowest BCUT2D eigenvalue weighted by molar-refractivity contribution is 0.455. The molecule has 1 heterocycles. The molecular weight excluding hydrogens is 280 g/mol. The van der Waals surface area contributed by atoms with Crippen molar-refractivity contribution in [3.05, 3.63) is 35.4 Å². The molecule has 0 radical (unpaired) electrons. The fourth-order valence-corrected chi connectivity index (χ4v) is 3.03. The molecule has 1 aliphatic heterocycles. The van der Waals surface area contributed by atoms with Crippen molar-refractivity contribution in [1.29, 1.82) is 0 Å². The molecule has 3 nitrogen and oxygen atoms in total. The molecule has 1 saturated heterocycles. The van der Waals surface area contributed by atoms with Gasteiger partial charge in [0.05, 0.1) is 0 Å². The summed E-state index contributed by atoms with van der Waals surface area (Å²) in [5.41, 5.74) is 6.58. The Balaban J connectivity index is 1.77. The Morgan fingerprint density at radius 2 is 1.85 bits per heavy atom. The van der Waals surface area contributed by atoms with E-state index in [0.717, 1.165) is 37.1 Å². The quantitative estimate of drug-likeness (QED) is 0.527. The van der Waals surface area contributed by atoms with E-state index in [1.807, 2.05) is 11.8 Å². The van der Waals surface area contributed by atoms with E-state index < -0.39 is 11.6 Å². The van der Waals surface area contributed by atoms with Crippen LogP contribution in [0, 0.1) is 11.6 Å². The summed E-state index contributed by atoms with van der Waals surface area (Å²) in [4.78, 5) is 6.41. The number of thioether (sulfide) groups is 1. The maximum atomic E-state index is 13.0. The van der Waals surface area contributed by atoms with Crippen molar-refractivity contribution in [1.82, 2.24) is 4.90 Å². The van der Waals surface area contributed by atoms with E-state index in [1.165, 1.54) is 12.1 Å². The number of halogens is 2. The van der Waals surface area contributed by atoms with Crippen molar-refractivity contribution in [3.8, 4) is 0 Å². The lowest BCUT2D eigenvalue weighted by Gasteiger charge is -2.27. The zero-order valence-corrected chi connectivity index (χ0v) is 12.1. The largest absolute Gasteiger partial charge is 0.370 e. The molecule has 0 aliphatic carbocycles. The number of aryl methyl sites for hydroxylation is 1. The van der Waals surface area contributed by atoms with Gasteiger partial charge in [0.1, 0.15) is 11.6 Å². The maximum absolute atomic E-state index is 13.0. The van der Waals surface area contributed by atoms with Gasteiger partial charge in [0, 0.05) is 37.2 Å². The van der Waals surface area contributed by atoms with Crippen LogP contribution in [0.15, 0.2) is 23.2 Å². The van der Waals surface area contributed by atoms with Crippen molar-refractivity contribution in [2.45, 2.75) is 12.8 Å². The molecule has 1 aliphatic rings. The van der Waals surface area contributed by atoms with Gasteiger partial charge in [-0.15, -0.1) is 0 Å². The summed E-state index contributed by atoms with van der Waals surface area (Å²) in [5, 5.41) is 0. The maximum Gasteiger partial charge on any atom is 0.191 e. The van der Waals surface area contributed by atoms with Crippen molar-refractivity contribution < 1.29 is 8.78 Å². The highest BCUT2D eigenvalue weighted by atomic mass is 32.2. The van der Waals surface area contributed by atoms with Crippen LogP contribution in [0.4, 0.5) is 8.78 Å². The SMILES string of the molecule is NC(=NCCCc1cc(F)cc(F)c1)N1CCSCC1. The number of nitrogens with two attached hydrogens (primary N) is 1. The summed E-state index contributed by atoms with van der Waals surface area (Å²) in [6.07, 6.45) is 1.33. The summed E-state index contributed by atoms with van der Waals surface area (Å²) in [5.74, 6) is 1.68. The third-order valence-corrected chi connectivity index (χ3v) is 4.10. The van der Waals surface area contributed by atoms with Crippen LogP contribution in [0.1, 0.15) is 12.0 Å². The van der Waals surface area contributed by atoms with E-state index in [2.05, 4.69) is 9.89 Å². The Labute approximate surface area is 122 Å². The lowest BCUT2D eigenvalue weighted by atomic mass is 10.1. The molecule has 1 aromatic rings. The topological polar surface area (TPSA) is 41.6 Å². The molecule has 1 aromatic carbocycles. The van der Waals surface area contributed by atoms with E-state index in [4.69, 9.17) is 5.73 Å². The number of hydrogen-bond acceptors (Lipinski definition) is 2. The Kier molecular flexibility index (Phi) is 5.64. The smallest absolute Gasteiger partial charge is 0.191 e. The van der Waals surface area contributed by atoms with E-state index in [-0.39, 0.29) is 0 Å². The second-order valence-corrected chi connectivity index (χ2v) is 5.95. The van der Waals surface area contributed by atoms with Crippen LogP contribution in [0.5, 0.6) is 0 Å². The molecular formula is C14H19F2N3S. The predicted molar refractivity (Wildman–Crippen MR) is 80.1 cm³/mol. The molecule has 0 spiro atoms. The molecule has 110 valence electrons. The van der Waals surface area contributed by atoms with Gasteiger partial charge in [-0.3, -0.25) is 4.99 Å². The number of nitrogens with zero attached hydrogens (tertiary/aromatic N) is 2. The van der Waals surface area contributed by atoms with Gasteiger partial charge >= 0.3 is 0 Å². The normalized spacial score (nSPS) is 16.5. The zero-order valence-electron chi connectivity index (χ0n) is 11.3. The number of rotatable bonds is 4. The standard InChI is InChI=1S/C14H19F2N3S/c15-12-8-11(9-13(16)10-12)2-1-3-18-14(17)19-4-6-20-7-5-19/h8-10H,1-7H2,(H2,17,18). The van der Waals surface area contributed by atoms with Gasteiger partial charge in [0.2, 0.25) is 0 Å². The van der Waals surface area contributed by atoms with Crippen LogP contribution in [0.25, 0.3) is 0 Å². The highest BCUT2D eigenvalue weighted by Gasteiger charge is 2.11. The van der Waals surface area contributed by atoms with Crippen molar-refractivity contribution in [2.24, 2.45) is 10.7 Å². The highest BCUT2D eigenvalue weighted by molar-refractivity contribution is 7.99. The molecule has 1 fully saturated rings. The first-order valence-electron chi connectivity index (χ1n) is 6.73. The Morgan fingerprint density at radius 3 is 2.50 bits per heavy atom. The van der Waals surface area contributed by atoms with Crippen LogP contribution in [-0.2, 0) is 6.42 Å². The molecule has 0 bridgehead atoms. The van der Waals surface area contributed by atoms with E-state index >= 15 is 0 Å². The first kappa shape index (κ1) is 15.1. The summed E-state index contributed by atoms with van der Waals surface area (Å²) >= 11 is 1.92. The fraction of sp³-hybridized carbons (Fsp3) is 0.500. The number of hydrogen-bond donors (Lipinski definition) is 1. The molecule has 0 unspecified atom stereocenters. The minimum atomic E-state index is -0.533. The predicted octanol–water partition coefficient (Wildman–Crippen LogP) is 2.26. The van der Waals surface area contributed by atoms with Crippen LogP contribution in [-0.4, -0.2) is 42.0 Å². The van der Waals surface area contributed by atoms with Gasteiger partial charge in [0.25, 0.3) is 0 Å². The second-order valence-electron chi connectivity index (χ2n) is 4.72. The van der Waals surface area contributed by atoms with Crippen molar-refractivity contribution in [2.75, 3.05) is 31.1 Å². The Bertz CT molecular complexity index is 453. The van der Waals surface area contributed by atoms with Crippen LogP contribution >= 0.6 is 11.8 Å². The molecule has 0 amide bonds. The van der Waals surface area contributed by atoms with E-state index in [1.54, 1.807) is 0 Å². The van der Waals surface area contributed by atoms with Crippen LogP contribution < -0.4 is 5.73 Å². The summed E-state index contributed by atoms with van der Waals surface area (Å²) in [7, 11) is 0. The number of benzene rings is 1. The molecule has 2 N–H and O–H groups in total. The Hall–Kier alpha value is -1.30. The van der Waals surface area contributed by atoms with Crippen molar-refractivity contribution >= 4 is 17.7 Å². The summed E-state index contributed by atoms with van der Waals surface area (Å²) in [6.45, 7) is 2.46. The van der Waals surface area contributed by atoms with Gasteiger partial charge in [-0.25, -0.2) is 8.78 Å².